The molecular formula is C25H28ClNO4. The number of benzene rings is 3. The number of carbonyl (C=O) groups is 1. The van der Waals surface area contributed by atoms with Gasteiger partial charge >= 0.3 is 0 Å². The van der Waals surface area contributed by atoms with Crippen molar-refractivity contribution < 1.29 is 20.1 Å². The summed E-state index contributed by atoms with van der Waals surface area (Å²) in [5, 5.41) is 26.7. The molecule has 0 aromatic heterocycles. The Balaban J connectivity index is 0.000000884. The largest absolute Gasteiger partial charge is 0.506 e. The molecule has 0 saturated carbocycles. The van der Waals surface area contributed by atoms with E-state index in [1.165, 1.54) is 12.1 Å². The van der Waals surface area contributed by atoms with E-state index in [1.807, 2.05) is 55.5 Å². The number of aromatic hydroxyl groups is 2. The summed E-state index contributed by atoms with van der Waals surface area (Å²) >= 11 is 5.82. The highest BCUT2D eigenvalue weighted by molar-refractivity contribution is 6.33. The molecule has 1 amide bonds. The van der Waals surface area contributed by atoms with Crippen LogP contribution < -0.4 is 5.73 Å². The van der Waals surface area contributed by atoms with E-state index < -0.39 is 0 Å². The summed E-state index contributed by atoms with van der Waals surface area (Å²) in [5.41, 5.74) is 9.69. The van der Waals surface area contributed by atoms with Crippen LogP contribution in [0.5, 0.6) is 11.5 Å². The van der Waals surface area contributed by atoms with E-state index in [9.17, 15) is 15.0 Å². The molecule has 0 aliphatic carbocycles. The van der Waals surface area contributed by atoms with Gasteiger partial charge in [-0.05, 0) is 53.3 Å². The fourth-order valence-corrected chi connectivity index (χ4v) is 3.01. The minimum absolute atomic E-state index is 0.0895. The van der Waals surface area contributed by atoms with Crippen LogP contribution in [0.3, 0.4) is 0 Å². The number of hydrogen-bond donors (Lipinski definition) is 4. The van der Waals surface area contributed by atoms with E-state index in [0.29, 0.717) is 12.0 Å². The Morgan fingerprint density at radius 3 is 2.03 bits per heavy atom. The minimum Gasteiger partial charge on any atom is -0.506 e. The highest BCUT2D eigenvalue weighted by Crippen LogP contribution is 2.39. The van der Waals surface area contributed by atoms with Gasteiger partial charge in [0.05, 0.1) is 0 Å². The zero-order valence-electron chi connectivity index (χ0n) is 17.7. The number of phenolic OH excluding ortho intramolecular Hbond substituents is 2. The van der Waals surface area contributed by atoms with E-state index >= 15 is 0 Å². The van der Waals surface area contributed by atoms with Crippen LogP contribution in [-0.4, -0.2) is 28.3 Å². The van der Waals surface area contributed by atoms with E-state index in [4.69, 9.17) is 22.4 Å². The summed E-state index contributed by atoms with van der Waals surface area (Å²) in [5.74, 6) is -0.785. The minimum atomic E-state index is -0.386. The second-order valence-corrected chi connectivity index (χ2v) is 6.82. The molecule has 5 N–H and O–H groups in total. The third-order valence-electron chi connectivity index (χ3n) is 4.20. The predicted molar refractivity (Wildman–Crippen MR) is 127 cm³/mol. The molecule has 31 heavy (non-hydrogen) atoms. The van der Waals surface area contributed by atoms with Crippen molar-refractivity contribution in [3.05, 3.63) is 83.9 Å². The SMILES string of the molecule is C=CC.CO.NC(=O)CCc1cc(-c2ccccc2)ccc1-c1cc(O)c(Cl)c(O)c1. The van der Waals surface area contributed by atoms with Gasteiger partial charge in [0, 0.05) is 13.5 Å². The average molecular weight is 442 g/mol. The van der Waals surface area contributed by atoms with Gasteiger partial charge in [0.1, 0.15) is 16.5 Å². The van der Waals surface area contributed by atoms with E-state index in [-0.39, 0.29) is 28.8 Å². The predicted octanol–water partition coefficient (Wildman–Crippen LogP) is 5.30. The lowest BCUT2D eigenvalue weighted by molar-refractivity contribution is -0.117. The molecule has 0 radical (unpaired) electrons. The lowest BCUT2D eigenvalue weighted by Gasteiger charge is -2.13. The van der Waals surface area contributed by atoms with Gasteiger partial charge in [-0.3, -0.25) is 4.79 Å². The summed E-state index contributed by atoms with van der Waals surface area (Å²) in [6.07, 6.45) is 2.41. The first-order valence-corrected chi connectivity index (χ1v) is 9.95. The van der Waals surface area contributed by atoms with Crippen LogP contribution in [0.15, 0.2) is 73.3 Å². The van der Waals surface area contributed by atoms with Crippen molar-refractivity contribution in [1.82, 2.24) is 0 Å². The van der Waals surface area contributed by atoms with Crippen molar-refractivity contribution in [3.63, 3.8) is 0 Å². The molecule has 0 fully saturated rings. The number of nitrogens with two attached hydrogens (primary N) is 1. The van der Waals surface area contributed by atoms with Gasteiger partial charge in [-0.2, -0.15) is 0 Å². The fraction of sp³-hybridized carbons (Fsp3) is 0.160. The van der Waals surface area contributed by atoms with E-state index in [2.05, 4.69) is 6.58 Å². The molecule has 0 bridgehead atoms. The standard InChI is InChI=1S/C21H18ClNO3.C3H6.CH4O/c22-21-18(24)11-16(12-19(21)25)17-8-6-14(13-4-2-1-3-5-13)10-15(17)7-9-20(23)26;1-3-2;1-2/h1-6,8,10-12,24-25H,7,9H2,(H2,23,26);3H,1H2,2H3;2H,1H3. The summed E-state index contributed by atoms with van der Waals surface area (Å²) in [6.45, 7) is 5.25. The van der Waals surface area contributed by atoms with Gasteiger partial charge in [0.25, 0.3) is 0 Å². The molecule has 164 valence electrons. The number of phenols is 2. The number of carbonyl (C=O) groups excluding carboxylic acids is 1. The highest BCUT2D eigenvalue weighted by atomic mass is 35.5. The molecule has 3 aromatic rings. The third-order valence-corrected chi connectivity index (χ3v) is 4.59. The van der Waals surface area contributed by atoms with Gasteiger partial charge in [-0.25, -0.2) is 0 Å². The van der Waals surface area contributed by atoms with Crippen molar-refractivity contribution in [2.45, 2.75) is 19.8 Å². The van der Waals surface area contributed by atoms with Gasteiger partial charge in [-0.15, -0.1) is 6.58 Å². The van der Waals surface area contributed by atoms with Crippen LogP contribution >= 0.6 is 11.6 Å². The monoisotopic (exact) mass is 441 g/mol. The van der Waals surface area contributed by atoms with E-state index in [1.54, 1.807) is 6.08 Å². The zero-order valence-corrected chi connectivity index (χ0v) is 18.4. The Labute approximate surface area is 188 Å². The van der Waals surface area contributed by atoms with Gasteiger partial charge in [-0.1, -0.05) is 66.2 Å². The van der Waals surface area contributed by atoms with Crippen molar-refractivity contribution >= 4 is 17.5 Å². The topological polar surface area (TPSA) is 104 Å². The Morgan fingerprint density at radius 2 is 1.52 bits per heavy atom. The Kier molecular flexibility index (Phi) is 10.9. The number of aliphatic hydroxyl groups is 1. The van der Waals surface area contributed by atoms with Gasteiger partial charge < -0.3 is 21.1 Å². The summed E-state index contributed by atoms with van der Waals surface area (Å²) in [4.78, 5) is 11.3. The molecule has 0 aliphatic rings. The first kappa shape index (κ1) is 25.8. The number of rotatable bonds is 5. The first-order chi connectivity index (χ1) is 14.9. The van der Waals surface area contributed by atoms with E-state index in [0.717, 1.165) is 29.4 Å². The average Bonchev–Trinajstić information content (AvgIpc) is 2.78. The van der Waals surface area contributed by atoms with Crippen LogP contribution in [0, 0.1) is 0 Å². The number of halogens is 1. The molecule has 0 unspecified atom stereocenters. The molecule has 0 atom stereocenters. The smallest absolute Gasteiger partial charge is 0.217 e. The highest BCUT2D eigenvalue weighted by Gasteiger charge is 2.13. The molecule has 3 rings (SSSR count). The summed E-state index contributed by atoms with van der Waals surface area (Å²) < 4.78 is 0. The number of amides is 1. The molecule has 0 spiro atoms. The Hall–Kier alpha value is -3.28. The summed E-state index contributed by atoms with van der Waals surface area (Å²) in [7, 11) is 1.00. The maximum atomic E-state index is 11.3. The zero-order chi connectivity index (χ0) is 23.4. The van der Waals surface area contributed by atoms with Crippen molar-refractivity contribution in [2.75, 3.05) is 7.11 Å². The number of hydrogen-bond acceptors (Lipinski definition) is 4. The second-order valence-electron chi connectivity index (χ2n) is 6.44. The lowest BCUT2D eigenvalue weighted by Crippen LogP contribution is -2.11. The van der Waals surface area contributed by atoms with Crippen molar-refractivity contribution in [2.24, 2.45) is 5.73 Å². The van der Waals surface area contributed by atoms with Crippen molar-refractivity contribution in [3.8, 4) is 33.8 Å². The normalized spacial score (nSPS) is 9.55. The first-order valence-electron chi connectivity index (χ1n) is 9.57. The van der Waals surface area contributed by atoms with Crippen LogP contribution in [0.1, 0.15) is 18.9 Å². The number of aliphatic hydroxyl groups excluding tert-OH is 1. The summed E-state index contributed by atoms with van der Waals surface area (Å²) in [6, 6.07) is 18.7. The number of allylic oxidation sites excluding steroid dienone is 1. The van der Waals surface area contributed by atoms with Gasteiger partial charge in [0.15, 0.2) is 0 Å². The maximum absolute atomic E-state index is 11.3. The fourth-order valence-electron chi connectivity index (χ4n) is 2.90. The molecule has 0 heterocycles. The number of aryl methyl sites for hydroxylation is 1. The van der Waals surface area contributed by atoms with Crippen LogP contribution in [0.25, 0.3) is 22.3 Å². The number of primary amides is 1. The molecular weight excluding hydrogens is 414 g/mol. The van der Waals surface area contributed by atoms with Crippen LogP contribution in [0.4, 0.5) is 0 Å². The molecule has 6 heteroatoms. The second kappa shape index (κ2) is 13.1. The van der Waals surface area contributed by atoms with Crippen LogP contribution in [0.2, 0.25) is 5.02 Å². The molecule has 0 aliphatic heterocycles. The lowest BCUT2D eigenvalue weighted by atomic mass is 9.92. The Morgan fingerprint density at radius 1 is 0.968 bits per heavy atom. The maximum Gasteiger partial charge on any atom is 0.217 e. The van der Waals surface area contributed by atoms with Crippen molar-refractivity contribution in [1.29, 1.82) is 0 Å². The molecule has 3 aromatic carbocycles. The van der Waals surface area contributed by atoms with Gasteiger partial charge in [0.2, 0.25) is 5.91 Å². The van der Waals surface area contributed by atoms with Crippen LogP contribution in [-0.2, 0) is 11.2 Å². The molecule has 5 nitrogen and oxygen atoms in total. The third kappa shape index (κ3) is 7.48. The Bertz CT molecular complexity index is 981. The quantitative estimate of drug-likeness (QED) is 0.403. The molecule has 0 saturated heterocycles.